The number of hydrogen-bond acceptors (Lipinski definition) is 1. The van der Waals surface area contributed by atoms with Gasteiger partial charge in [0.05, 0.1) is 0 Å². The van der Waals surface area contributed by atoms with E-state index < -0.39 is 0 Å². The van der Waals surface area contributed by atoms with Crippen LogP contribution in [-0.2, 0) is 0 Å². The van der Waals surface area contributed by atoms with Crippen molar-refractivity contribution in [3.8, 4) is 0 Å². The van der Waals surface area contributed by atoms with Crippen molar-refractivity contribution in [3.63, 3.8) is 0 Å². The van der Waals surface area contributed by atoms with Crippen LogP contribution in [0.5, 0.6) is 0 Å². The van der Waals surface area contributed by atoms with Crippen LogP contribution in [0, 0.1) is 24.5 Å². The average Bonchev–Trinajstić information content (AvgIpc) is 2.83. The van der Waals surface area contributed by atoms with Crippen molar-refractivity contribution < 1.29 is 8.78 Å². The van der Waals surface area contributed by atoms with Gasteiger partial charge in [0.15, 0.2) is 0 Å². The molecule has 3 heteroatoms. The van der Waals surface area contributed by atoms with Crippen molar-refractivity contribution in [1.29, 1.82) is 0 Å². The van der Waals surface area contributed by atoms with Crippen molar-refractivity contribution in [2.45, 2.75) is 45.4 Å². The lowest BCUT2D eigenvalue weighted by Crippen LogP contribution is -2.26. The summed E-state index contributed by atoms with van der Waals surface area (Å²) in [5.41, 5.74) is 0.865. The molecule has 0 bridgehead atoms. The first-order valence-electron chi connectivity index (χ1n) is 7.30. The summed E-state index contributed by atoms with van der Waals surface area (Å²) in [5.74, 6) is -0.329. The largest absolute Gasteiger partial charge is 0.316 e. The normalized spacial score (nSPS) is 22.9. The monoisotopic (exact) mass is 267 g/mol. The molecule has 2 rings (SSSR count). The molecule has 0 spiro atoms. The van der Waals surface area contributed by atoms with Crippen LogP contribution in [0.4, 0.5) is 8.78 Å². The number of hydrogen-bond donors (Lipinski definition) is 1. The van der Waals surface area contributed by atoms with Crippen LogP contribution in [0.2, 0.25) is 0 Å². The zero-order valence-electron chi connectivity index (χ0n) is 11.8. The molecule has 0 amide bonds. The minimum Gasteiger partial charge on any atom is -0.316 e. The first kappa shape index (κ1) is 14.4. The number of nitrogens with one attached hydrogen (secondary N) is 1. The Morgan fingerprint density at radius 3 is 2.79 bits per heavy atom. The van der Waals surface area contributed by atoms with E-state index in [9.17, 15) is 8.78 Å². The maximum absolute atomic E-state index is 14.2. The van der Waals surface area contributed by atoms with E-state index in [0.29, 0.717) is 17.0 Å². The summed E-state index contributed by atoms with van der Waals surface area (Å²) < 4.78 is 28.2. The van der Waals surface area contributed by atoms with E-state index in [1.54, 1.807) is 6.92 Å². The van der Waals surface area contributed by atoms with Gasteiger partial charge in [0.2, 0.25) is 0 Å². The molecule has 0 radical (unpaired) electrons. The smallest absolute Gasteiger partial charge is 0.132 e. The maximum Gasteiger partial charge on any atom is 0.132 e. The zero-order valence-corrected chi connectivity index (χ0v) is 11.8. The number of halogens is 2. The topological polar surface area (TPSA) is 12.0 Å². The Morgan fingerprint density at radius 1 is 1.26 bits per heavy atom. The Morgan fingerprint density at radius 2 is 2.05 bits per heavy atom. The lowest BCUT2D eigenvalue weighted by Gasteiger charge is -2.22. The first-order valence-corrected chi connectivity index (χ1v) is 7.30. The minimum atomic E-state index is -0.379. The third-order valence-corrected chi connectivity index (χ3v) is 4.18. The summed E-state index contributed by atoms with van der Waals surface area (Å²) in [4.78, 5) is 0. The standard InChI is InChI=1S/C16H23F2N/c1-3-9-19-10-12-5-4-6-13(12)15-14(17)8-7-11(2)16(15)18/h7-8,12-13,19H,3-6,9-10H2,1-2H3. The molecule has 2 atom stereocenters. The number of benzene rings is 1. The zero-order chi connectivity index (χ0) is 13.8. The Kier molecular flexibility index (Phi) is 4.92. The van der Waals surface area contributed by atoms with Crippen LogP contribution < -0.4 is 5.32 Å². The van der Waals surface area contributed by atoms with Gasteiger partial charge in [0.25, 0.3) is 0 Å². The summed E-state index contributed by atoms with van der Waals surface area (Å²) in [5, 5.41) is 3.39. The van der Waals surface area contributed by atoms with Gasteiger partial charge in [0, 0.05) is 5.56 Å². The van der Waals surface area contributed by atoms with E-state index in [1.807, 2.05) is 0 Å². The van der Waals surface area contributed by atoms with Gasteiger partial charge in [0.1, 0.15) is 11.6 Å². The summed E-state index contributed by atoms with van der Waals surface area (Å²) in [6.07, 6.45) is 4.12. The van der Waals surface area contributed by atoms with Gasteiger partial charge in [-0.05, 0) is 62.7 Å². The molecule has 0 aromatic heterocycles. The van der Waals surface area contributed by atoms with Crippen LogP contribution >= 0.6 is 0 Å². The maximum atomic E-state index is 14.2. The first-order chi connectivity index (χ1) is 9.15. The Balaban J connectivity index is 2.18. The highest BCUT2D eigenvalue weighted by Crippen LogP contribution is 2.41. The quantitative estimate of drug-likeness (QED) is 0.790. The number of rotatable bonds is 5. The fourth-order valence-corrected chi connectivity index (χ4v) is 3.14. The Bertz CT molecular complexity index is 431. The second-order valence-electron chi connectivity index (χ2n) is 5.59. The van der Waals surface area contributed by atoms with E-state index in [4.69, 9.17) is 0 Å². The van der Waals surface area contributed by atoms with Gasteiger partial charge in [-0.15, -0.1) is 0 Å². The minimum absolute atomic E-state index is 0.0317. The van der Waals surface area contributed by atoms with Gasteiger partial charge < -0.3 is 5.32 Å². The van der Waals surface area contributed by atoms with Crippen molar-refractivity contribution in [1.82, 2.24) is 5.32 Å². The lowest BCUT2D eigenvalue weighted by atomic mass is 9.87. The molecule has 19 heavy (non-hydrogen) atoms. The fraction of sp³-hybridized carbons (Fsp3) is 0.625. The molecule has 2 unspecified atom stereocenters. The van der Waals surface area contributed by atoms with Crippen LogP contribution in [0.1, 0.15) is 49.7 Å². The Hall–Kier alpha value is -0.960. The van der Waals surface area contributed by atoms with Gasteiger partial charge >= 0.3 is 0 Å². The van der Waals surface area contributed by atoms with Crippen LogP contribution in [0.15, 0.2) is 12.1 Å². The number of aryl methyl sites for hydroxylation is 1. The van der Waals surface area contributed by atoms with Crippen molar-refractivity contribution in [2.24, 2.45) is 5.92 Å². The SMILES string of the molecule is CCCNCC1CCCC1c1c(F)ccc(C)c1F. The fourth-order valence-electron chi connectivity index (χ4n) is 3.14. The molecule has 1 saturated carbocycles. The predicted octanol–water partition coefficient (Wildman–Crippen LogP) is 4.16. The highest BCUT2D eigenvalue weighted by atomic mass is 19.1. The molecule has 0 saturated heterocycles. The van der Waals surface area contributed by atoms with Crippen molar-refractivity contribution in [2.75, 3.05) is 13.1 Å². The molecule has 1 aliphatic carbocycles. The van der Waals surface area contributed by atoms with E-state index in [1.165, 1.54) is 12.1 Å². The van der Waals surface area contributed by atoms with Gasteiger partial charge in [-0.25, -0.2) is 8.78 Å². The highest BCUT2D eigenvalue weighted by molar-refractivity contribution is 5.30. The molecule has 0 aliphatic heterocycles. The van der Waals surface area contributed by atoms with Crippen LogP contribution in [-0.4, -0.2) is 13.1 Å². The third kappa shape index (κ3) is 3.14. The van der Waals surface area contributed by atoms with Crippen LogP contribution in [0.3, 0.4) is 0 Å². The van der Waals surface area contributed by atoms with Crippen molar-refractivity contribution >= 4 is 0 Å². The summed E-state index contributed by atoms with van der Waals surface area (Å²) in [6, 6.07) is 2.93. The second kappa shape index (κ2) is 6.47. The molecule has 106 valence electrons. The third-order valence-electron chi connectivity index (χ3n) is 4.18. The van der Waals surface area contributed by atoms with Gasteiger partial charge in [-0.1, -0.05) is 19.4 Å². The summed E-state index contributed by atoms with van der Waals surface area (Å²) >= 11 is 0. The van der Waals surface area contributed by atoms with E-state index >= 15 is 0 Å². The molecule has 1 fully saturated rings. The Labute approximate surface area is 114 Å². The molecule has 1 aromatic carbocycles. The molecular weight excluding hydrogens is 244 g/mol. The summed E-state index contributed by atoms with van der Waals surface area (Å²) in [6.45, 7) is 5.67. The van der Waals surface area contributed by atoms with Gasteiger partial charge in [-0.2, -0.15) is 0 Å². The average molecular weight is 267 g/mol. The van der Waals surface area contributed by atoms with E-state index in [2.05, 4.69) is 12.2 Å². The molecule has 1 N–H and O–H groups in total. The van der Waals surface area contributed by atoms with E-state index in [-0.39, 0.29) is 17.6 Å². The van der Waals surface area contributed by atoms with Crippen LogP contribution in [0.25, 0.3) is 0 Å². The van der Waals surface area contributed by atoms with E-state index in [0.717, 1.165) is 38.8 Å². The van der Waals surface area contributed by atoms with Crippen molar-refractivity contribution in [3.05, 3.63) is 34.9 Å². The summed E-state index contributed by atoms with van der Waals surface area (Å²) in [7, 11) is 0. The predicted molar refractivity (Wildman–Crippen MR) is 74.3 cm³/mol. The molecule has 1 nitrogen and oxygen atoms in total. The molecule has 1 aliphatic rings. The highest BCUT2D eigenvalue weighted by Gasteiger charge is 2.32. The second-order valence-corrected chi connectivity index (χ2v) is 5.59. The molecule has 1 aromatic rings. The van der Waals surface area contributed by atoms with Gasteiger partial charge in [-0.3, -0.25) is 0 Å². The molecular formula is C16H23F2N. The lowest BCUT2D eigenvalue weighted by molar-refractivity contribution is 0.416. The molecule has 0 heterocycles.